The Balaban J connectivity index is 2.03. The highest BCUT2D eigenvalue weighted by Crippen LogP contribution is 2.16. The SMILES string of the molecule is CC(NC(=O)c1cccc(F)c1)c1ccc(NC(N)=O)cc1. The van der Waals surface area contributed by atoms with Crippen molar-refractivity contribution >= 4 is 17.6 Å². The van der Waals surface area contributed by atoms with Gasteiger partial charge < -0.3 is 16.4 Å². The molecule has 0 saturated carbocycles. The fraction of sp³-hybridized carbons (Fsp3) is 0.125. The topological polar surface area (TPSA) is 84.2 Å². The highest BCUT2D eigenvalue weighted by Gasteiger charge is 2.12. The van der Waals surface area contributed by atoms with Gasteiger partial charge in [0, 0.05) is 11.3 Å². The second-order valence-electron chi connectivity index (χ2n) is 4.82. The van der Waals surface area contributed by atoms with E-state index in [2.05, 4.69) is 10.6 Å². The Morgan fingerprint density at radius 2 is 1.82 bits per heavy atom. The average Bonchev–Trinajstić information content (AvgIpc) is 2.47. The van der Waals surface area contributed by atoms with Gasteiger partial charge in [-0.15, -0.1) is 0 Å². The van der Waals surface area contributed by atoms with Crippen LogP contribution in [0.1, 0.15) is 28.9 Å². The minimum atomic E-state index is -0.639. The molecule has 4 N–H and O–H groups in total. The van der Waals surface area contributed by atoms with Gasteiger partial charge in [-0.05, 0) is 42.8 Å². The number of hydrogen-bond acceptors (Lipinski definition) is 2. The second kappa shape index (κ2) is 6.71. The van der Waals surface area contributed by atoms with Crippen LogP contribution in [-0.4, -0.2) is 11.9 Å². The summed E-state index contributed by atoms with van der Waals surface area (Å²) in [5.74, 6) is -0.812. The summed E-state index contributed by atoms with van der Waals surface area (Å²) in [4.78, 5) is 22.8. The number of benzene rings is 2. The summed E-state index contributed by atoms with van der Waals surface area (Å²) in [5.41, 5.74) is 6.71. The van der Waals surface area contributed by atoms with Crippen LogP contribution in [0.15, 0.2) is 48.5 Å². The van der Waals surface area contributed by atoms with Gasteiger partial charge >= 0.3 is 6.03 Å². The van der Waals surface area contributed by atoms with Crippen LogP contribution in [0.5, 0.6) is 0 Å². The van der Waals surface area contributed by atoms with E-state index in [0.29, 0.717) is 5.69 Å². The van der Waals surface area contributed by atoms with Crippen molar-refractivity contribution in [2.75, 3.05) is 5.32 Å². The molecule has 0 bridgehead atoms. The zero-order valence-electron chi connectivity index (χ0n) is 12.0. The standard InChI is InChI=1S/C16H16FN3O2/c1-10(11-5-7-14(8-6-11)20-16(18)22)19-15(21)12-3-2-4-13(17)9-12/h2-10H,1H3,(H,19,21)(H3,18,20,22). The minimum Gasteiger partial charge on any atom is -0.351 e. The van der Waals surface area contributed by atoms with Crippen molar-refractivity contribution in [3.8, 4) is 0 Å². The highest BCUT2D eigenvalue weighted by molar-refractivity contribution is 5.94. The van der Waals surface area contributed by atoms with E-state index < -0.39 is 11.8 Å². The van der Waals surface area contributed by atoms with E-state index in [4.69, 9.17) is 5.73 Å². The van der Waals surface area contributed by atoms with Crippen LogP contribution in [-0.2, 0) is 0 Å². The van der Waals surface area contributed by atoms with Gasteiger partial charge in [-0.25, -0.2) is 9.18 Å². The molecular formula is C16H16FN3O2. The van der Waals surface area contributed by atoms with Crippen molar-refractivity contribution in [3.05, 3.63) is 65.5 Å². The largest absolute Gasteiger partial charge is 0.351 e. The Kier molecular flexibility index (Phi) is 4.73. The van der Waals surface area contributed by atoms with E-state index in [9.17, 15) is 14.0 Å². The van der Waals surface area contributed by atoms with Crippen molar-refractivity contribution in [2.45, 2.75) is 13.0 Å². The molecule has 6 heteroatoms. The molecule has 2 aromatic rings. The van der Waals surface area contributed by atoms with Gasteiger partial charge in [-0.2, -0.15) is 0 Å². The van der Waals surface area contributed by atoms with Gasteiger partial charge in [-0.1, -0.05) is 18.2 Å². The number of hydrogen-bond donors (Lipinski definition) is 3. The number of halogens is 1. The fourth-order valence-electron chi connectivity index (χ4n) is 1.99. The minimum absolute atomic E-state index is 0.263. The predicted molar refractivity (Wildman–Crippen MR) is 81.9 cm³/mol. The van der Waals surface area contributed by atoms with E-state index >= 15 is 0 Å². The van der Waals surface area contributed by atoms with E-state index in [1.807, 2.05) is 6.92 Å². The molecule has 0 aromatic heterocycles. The summed E-state index contributed by atoms with van der Waals surface area (Å²) >= 11 is 0. The van der Waals surface area contributed by atoms with Gasteiger partial charge in [0.25, 0.3) is 5.91 Å². The van der Waals surface area contributed by atoms with Crippen LogP contribution in [0.4, 0.5) is 14.9 Å². The normalized spacial score (nSPS) is 11.5. The van der Waals surface area contributed by atoms with Gasteiger partial charge in [0.2, 0.25) is 0 Å². The third kappa shape index (κ3) is 4.05. The lowest BCUT2D eigenvalue weighted by Crippen LogP contribution is -2.26. The molecule has 0 fully saturated rings. The van der Waals surface area contributed by atoms with Crippen molar-refractivity contribution < 1.29 is 14.0 Å². The Bertz CT molecular complexity index is 686. The van der Waals surface area contributed by atoms with Gasteiger partial charge in [0.1, 0.15) is 5.82 Å². The van der Waals surface area contributed by atoms with Crippen molar-refractivity contribution in [1.82, 2.24) is 5.32 Å². The molecule has 0 radical (unpaired) electrons. The zero-order valence-corrected chi connectivity index (χ0v) is 12.0. The summed E-state index contributed by atoms with van der Waals surface area (Å²) in [6.45, 7) is 1.81. The molecule has 0 aliphatic rings. The number of urea groups is 1. The first-order chi connectivity index (χ1) is 10.5. The summed E-state index contributed by atoms with van der Waals surface area (Å²) in [6, 6.07) is 11.5. The smallest absolute Gasteiger partial charge is 0.316 e. The average molecular weight is 301 g/mol. The van der Waals surface area contributed by atoms with E-state index in [1.165, 1.54) is 18.2 Å². The Morgan fingerprint density at radius 1 is 1.14 bits per heavy atom. The Labute approximate surface area is 127 Å². The molecule has 2 rings (SSSR count). The molecule has 0 heterocycles. The number of carbonyl (C=O) groups is 2. The quantitative estimate of drug-likeness (QED) is 0.811. The summed E-state index contributed by atoms with van der Waals surface area (Å²) < 4.78 is 13.1. The lowest BCUT2D eigenvalue weighted by Gasteiger charge is -2.15. The lowest BCUT2D eigenvalue weighted by atomic mass is 10.1. The number of anilines is 1. The molecule has 2 aromatic carbocycles. The van der Waals surface area contributed by atoms with E-state index in [0.717, 1.165) is 5.56 Å². The summed E-state index contributed by atoms with van der Waals surface area (Å²) in [6.07, 6.45) is 0. The van der Waals surface area contributed by atoms with Crippen LogP contribution in [0.2, 0.25) is 0 Å². The third-order valence-corrected chi connectivity index (χ3v) is 3.11. The second-order valence-corrected chi connectivity index (χ2v) is 4.82. The van der Waals surface area contributed by atoms with Crippen molar-refractivity contribution in [2.24, 2.45) is 5.73 Å². The number of nitrogens with two attached hydrogens (primary N) is 1. The number of amides is 3. The van der Waals surface area contributed by atoms with Crippen molar-refractivity contribution in [3.63, 3.8) is 0 Å². The molecular weight excluding hydrogens is 285 g/mol. The van der Waals surface area contributed by atoms with Gasteiger partial charge in [0.15, 0.2) is 0 Å². The predicted octanol–water partition coefficient (Wildman–Crippen LogP) is 2.81. The van der Waals surface area contributed by atoms with Crippen LogP contribution in [0, 0.1) is 5.82 Å². The van der Waals surface area contributed by atoms with Crippen molar-refractivity contribution in [1.29, 1.82) is 0 Å². The summed E-state index contributed by atoms with van der Waals surface area (Å²) in [7, 11) is 0. The third-order valence-electron chi connectivity index (χ3n) is 3.11. The van der Waals surface area contributed by atoms with Gasteiger partial charge in [-0.3, -0.25) is 4.79 Å². The lowest BCUT2D eigenvalue weighted by molar-refractivity contribution is 0.0939. The van der Waals surface area contributed by atoms with Crippen LogP contribution >= 0.6 is 0 Å². The molecule has 22 heavy (non-hydrogen) atoms. The Morgan fingerprint density at radius 3 is 2.41 bits per heavy atom. The van der Waals surface area contributed by atoms with Crippen LogP contribution < -0.4 is 16.4 Å². The van der Waals surface area contributed by atoms with Gasteiger partial charge in [0.05, 0.1) is 6.04 Å². The highest BCUT2D eigenvalue weighted by atomic mass is 19.1. The summed E-state index contributed by atoms with van der Waals surface area (Å²) in [5, 5.41) is 5.24. The first-order valence-corrected chi connectivity index (χ1v) is 6.68. The molecule has 0 saturated heterocycles. The first kappa shape index (κ1) is 15.5. The molecule has 1 atom stereocenters. The molecule has 114 valence electrons. The zero-order chi connectivity index (χ0) is 16.1. The maximum atomic E-state index is 13.1. The number of nitrogens with one attached hydrogen (secondary N) is 2. The van der Waals surface area contributed by atoms with E-state index in [1.54, 1.807) is 30.3 Å². The molecule has 5 nitrogen and oxygen atoms in total. The maximum absolute atomic E-state index is 13.1. The van der Waals surface area contributed by atoms with E-state index in [-0.39, 0.29) is 17.5 Å². The molecule has 0 spiro atoms. The van der Waals surface area contributed by atoms with Crippen LogP contribution in [0.3, 0.4) is 0 Å². The monoisotopic (exact) mass is 301 g/mol. The number of primary amides is 1. The molecule has 3 amide bonds. The Hall–Kier alpha value is -2.89. The van der Waals surface area contributed by atoms with Crippen LogP contribution in [0.25, 0.3) is 0 Å². The molecule has 0 aliphatic carbocycles. The number of carbonyl (C=O) groups excluding carboxylic acids is 2. The maximum Gasteiger partial charge on any atom is 0.316 e. The first-order valence-electron chi connectivity index (χ1n) is 6.68. The number of rotatable bonds is 4. The molecule has 1 unspecified atom stereocenters. The fourth-order valence-corrected chi connectivity index (χ4v) is 1.99. The molecule has 0 aliphatic heterocycles.